The zero-order valence-electron chi connectivity index (χ0n) is 15.9. The number of aryl methyl sites for hydroxylation is 1. The molecule has 0 radical (unpaired) electrons. The number of primary amides is 1. The predicted molar refractivity (Wildman–Crippen MR) is 102 cm³/mol. The van der Waals surface area contributed by atoms with Crippen molar-refractivity contribution in [3.63, 3.8) is 0 Å². The zero-order valence-corrected chi connectivity index (χ0v) is 15.9. The Morgan fingerprint density at radius 3 is 1.52 bits per heavy atom. The van der Waals surface area contributed by atoms with Gasteiger partial charge in [0.05, 0.1) is 5.56 Å². The normalized spacial score (nSPS) is 12.8. The number of aliphatic hydroxyl groups is 2. The van der Waals surface area contributed by atoms with Crippen LogP contribution < -0.4 is 5.73 Å². The molecule has 1 amide bonds. The van der Waals surface area contributed by atoms with Crippen LogP contribution in [0.1, 0.15) is 17.5 Å². The number of aliphatic hydroxyl groups excluding tert-OH is 2. The summed E-state index contributed by atoms with van der Waals surface area (Å²) in [5, 5.41) is 32.5. The summed E-state index contributed by atoms with van der Waals surface area (Å²) in [5.41, 5.74) is 6.92. The number of nitrogens with two attached hydrogens (primary N) is 1. The number of rotatable bonds is 7. The van der Waals surface area contributed by atoms with Crippen molar-refractivity contribution in [2.24, 2.45) is 5.73 Å². The van der Waals surface area contributed by atoms with Crippen LogP contribution in [0.3, 0.4) is 0 Å². The van der Waals surface area contributed by atoms with E-state index in [-0.39, 0.29) is 12.3 Å². The van der Waals surface area contributed by atoms with Gasteiger partial charge in [-0.15, -0.1) is 0 Å². The third-order valence-electron chi connectivity index (χ3n) is 3.96. The van der Waals surface area contributed by atoms with E-state index in [1.807, 2.05) is 24.3 Å². The SMILES string of the molecule is NC(=O)CCc1ccc(-c2ccc(C(F)(F)F)cc2)cc1.O=C(O)C(O)C(O)C(=O)O. The van der Waals surface area contributed by atoms with E-state index >= 15 is 0 Å². The molecule has 11 heteroatoms. The molecular weight excluding hydrogens is 423 g/mol. The van der Waals surface area contributed by atoms with Crippen molar-refractivity contribution < 1.29 is 48.0 Å². The lowest BCUT2D eigenvalue weighted by molar-refractivity contribution is -0.165. The number of halogens is 3. The monoisotopic (exact) mass is 443 g/mol. The standard InChI is InChI=1S/C16H14F3NO.C4H6O6/c17-16(18,19)14-8-6-13(7-9-14)12-4-1-11(2-5-12)3-10-15(20)21;5-1(3(7)8)2(6)4(9)10/h1-2,4-9H,3,10H2,(H2,20,21);1-2,5-6H,(H,7,8)(H,9,10). The first-order valence-corrected chi connectivity index (χ1v) is 8.69. The molecule has 6 N–H and O–H groups in total. The maximum absolute atomic E-state index is 12.5. The summed E-state index contributed by atoms with van der Waals surface area (Å²) in [6.07, 6.45) is -8.02. The summed E-state index contributed by atoms with van der Waals surface area (Å²) in [7, 11) is 0. The molecule has 0 fully saturated rings. The van der Waals surface area contributed by atoms with Crippen LogP contribution in [0.2, 0.25) is 0 Å². The Balaban J connectivity index is 0.000000407. The molecule has 2 aromatic rings. The largest absolute Gasteiger partial charge is 0.479 e. The Hall–Kier alpha value is -3.44. The molecule has 0 heterocycles. The number of carbonyl (C=O) groups excluding carboxylic acids is 1. The smallest absolute Gasteiger partial charge is 0.416 e. The van der Waals surface area contributed by atoms with E-state index in [1.165, 1.54) is 12.1 Å². The van der Waals surface area contributed by atoms with E-state index in [2.05, 4.69) is 0 Å². The second kappa shape index (κ2) is 11.1. The van der Waals surface area contributed by atoms with Gasteiger partial charge in [0.2, 0.25) is 5.91 Å². The lowest BCUT2D eigenvalue weighted by atomic mass is 10.0. The molecule has 0 saturated carbocycles. The van der Waals surface area contributed by atoms with Crippen LogP contribution in [0.25, 0.3) is 11.1 Å². The van der Waals surface area contributed by atoms with Gasteiger partial charge in [-0.25, -0.2) is 9.59 Å². The first-order chi connectivity index (χ1) is 14.3. The summed E-state index contributed by atoms with van der Waals surface area (Å²) < 4.78 is 37.5. The Bertz CT molecular complexity index is 878. The van der Waals surface area contributed by atoms with Crippen molar-refractivity contribution in [2.75, 3.05) is 0 Å². The topological polar surface area (TPSA) is 158 Å². The van der Waals surface area contributed by atoms with Gasteiger partial charge in [-0.05, 0) is 35.2 Å². The fourth-order valence-electron chi connectivity index (χ4n) is 2.25. The number of aliphatic carboxylic acids is 2. The van der Waals surface area contributed by atoms with E-state index in [9.17, 15) is 27.6 Å². The molecule has 0 aliphatic heterocycles. The number of carbonyl (C=O) groups is 3. The highest BCUT2D eigenvalue weighted by atomic mass is 19.4. The summed E-state index contributed by atoms with van der Waals surface area (Å²) in [6, 6.07) is 12.3. The highest BCUT2D eigenvalue weighted by Gasteiger charge is 2.30. The van der Waals surface area contributed by atoms with Gasteiger partial charge in [-0.3, -0.25) is 4.79 Å². The van der Waals surface area contributed by atoms with E-state index < -0.39 is 35.9 Å². The molecule has 168 valence electrons. The molecule has 8 nitrogen and oxygen atoms in total. The van der Waals surface area contributed by atoms with Gasteiger partial charge < -0.3 is 26.2 Å². The van der Waals surface area contributed by atoms with Crippen LogP contribution in [-0.4, -0.2) is 50.5 Å². The summed E-state index contributed by atoms with van der Waals surface area (Å²) in [4.78, 5) is 30.2. The number of alkyl halides is 3. The second-order valence-corrected chi connectivity index (χ2v) is 6.30. The average molecular weight is 443 g/mol. The van der Waals surface area contributed by atoms with Crippen LogP contribution in [0.15, 0.2) is 48.5 Å². The van der Waals surface area contributed by atoms with Crippen LogP contribution in [0, 0.1) is 0 Å². The van der Waals surface area contributed by atoms with E-state index in [1.54, 1.807) is 0 Å². The van der Waals surface area contributed by atoms with Crippen molar-refractivity contribution in [1.82, 2.24) is 0 Å². The van der Waals surface area contributed by atoms with Crippen LogP contribution in [0.5, 0.6) is 0 Å². The molecule has 31 heavy (non-hydrogen) atoms. The molecular formula is C20H20F3NO7. The minimum absolute atomic E-state index is 0.277. The summed E-state index contributed by atoms with van der Waals surface area (Å²) in [5.74, 6) is -3.90. The Labute approximate surface area is 174 Å². The molecule has 0 aliphatic rings. The van der Waals surface area contributed by atoms with Gasteiger partial charge in [0.15, 0.2) is 12.2 Å². The Kier molecular flexibility index (Phi) is 9.15. The molecule has 0 aromatic heterocycles. The van der Waals surface area contributed by atoms with Crippen molar-refractivity contribution in [3.05, 3.63) is 59.7 Å². The number of hydrogen-bond donors (Lipinski definition) is 5. The molecule has 2 unspecified atom stereocenters. The van der Waals surface area contributed by atoms with Crippen molar-refractivity contribution in [2.45, 2.75) is 31.2 Å². The number of carboxylic acids is 2. The predicted octanol–water partition coefficient (Wildman–Crippen LogP) is 1.67. The van der Waals surface area contributed by atoms with Crippen LogP contribution in [-0.2, 0) is 27.0 Å². The lowest BCUT2D eigenvalue weighted by Crippen LogP contribution is -2.39. The molecule has 0 aliphatic carbocycles. The van der Waals surface area contributed by atoms with Crippen molar-refractivity contribution in [1.29, 1.82) is 0 Å². The van der Waals surface area contributed by atoms with Gasteiger partial charge in [-0.1, -0.05) is 36.4 Å². The molecule has 0 saturated heterocycles. The van der Waals surface area contributed by atoms with Gasteiger partial charge in [0.1, 0.15) is 0 Å². The Morgan fingerprint density at radius 1 is 0.806 bits per heavy atom. The Morgan fingerprint density at radius 2 is 1.19 bits per heavy atom. The number of amides is 1. The molecule has 0 bridgehead atoms. The molecule has 2 rings (SSSR count). The van der Waals surface area contributed by atoms with Crippen molar-refractivity contribution >= 4 is 17.8 Å². The molecule has 2 aromatic carbocycles. The van der Waals surface area contributed by atoms with Gasteiger partial charge >= 0.3 is 18.1 Å². The third kappa shape index (κ3) is 8.44. The average Bonchev–Trinajstić information content (AvgIpc) is 2.71. The van der Waals surface area contributed by atoms with Gasteiger partial charge in [0, 0.05) is 6.42 Å². The minimum atomic E-state index is -4.32. The number of hydrogen-bond acceptors (Lipinski definition) is 5. The fourth-order valence-corrected chi connectivity index (χ4v) is 2.25. The fraction of sp³-hybridized carbons (Fsp3) is 0.250. The minimum Gasteiger partial charge on any atom is -0.479 e. The van der Waals surface area contributed by atoms with Gasteiger partial charge in [0.25, 0.3) is 0 Å². The first kappa shape index (κ1) is 25.6. The molecule has 0 spiro atoms. The lowest BCUT2D eigenvalue weighted by Gasteiger charge is -2.08. The highest BCUT2D eigenvalue weighted by Crippen LogP contribution is 2.31. The maximum Gasteiger partial charge on any atom is 0.416 e. The van der Waals surface area contributed by atoms with Crippen LogP contribution in [0.4, 0.5) is 13.2 Å². The van der Waals surface area contributed by atoms with Gasteiger partial charge in [-0.2, -0.15) is 13.2 Å². The zero-order chi connectivity index (χ0) is 23.8. The first-order valence-electron chi connectivity index (χ1n) is 8.69. The summed E-state index contributed by atoms with van der Waals surface area (Å²) >= 11 is 0. The van der Waals surface area contributed by atoms with E-state index in [0.717, 1.165) is 23.3 Å². The highest BCUT2D eigenvalue weighted by molar-refractivity contribution is 5.83. The number of benzene rings is 2. The second-order valence-electron chi connectivity index (χ2n) is 6.30. The summed E-state index contributed by atoms with van der Waals surface area (Å²) in [6.45, 7) is 0. The maximum atomic E-state index is 12.5. The third-order valence-corrected chi connectivity index (χ3v) is 3.96. The number of carboxylic acid groups (broad SMARTS) is 2. The molecule has 2 atom stereocenters. The quantitative estimate of drug-likeness (QED) is 0.435. The van der Waals surface area contributed by atoms with E-state index in [4.69, 9.17) is 26.2 Å². The van der Waals surface area contributed by atoms with Crippen molar-refractivity contribution in [3.8, 4) is 11.1 Å². The van der Waals surface area contributed by atoms with E-state index in [0.29, 0.717) is 12.0 Å². The van der Waals surface area contributed by atoms with Crippen LogP contribution >= 0.6 is 0 Å².